The highest BCUT2D eigenvalue weighted by Gasteiger charge is 2.39. The first kappa shape index (κ1) is 19.1. The minimum absolute atomic E-state index is 0.0472. The normalized spacial score (nSPS) is 30.5. The first-order valence-corrected chi connectivity index (χ1v) is 8.57. The Bertz CT molecular complexity index is 491. The molecule has 1 saturated heterocycles. The largest absolute Gasteiger partial charge is 0.406 e. The average Bonchev–Trinajstić information content (AvgIpc) is 2.63. The monoisotopic (exact) mass is 348 g/mol. The van der Waals surface area contributed by atoms with Crippen LogP contribution in [-0.2, 0) is 9.59 Å². The van der Waals surface area contributed by atoms with Crippen molar-refractivity contribution in [2.24, 2.45) is 17.3 Å². The van der Waals surface area contributed by atoms with Crippen LogP contribution in [0.15, 0.2) is 0 Å². The van der Waals surface area contributed by atoms with Crippen molar-refractivity contribution >= 4 is 11.8 Å². The number of hydrogen-bond donors (Lipinski definition) is 1. The molecule has 0 aromatic rings. The Labute approximate surface area is 141 Å². The summed E-state index contributed by atoms with van der Waals surface area (Å²) in [5.41, 5.74) is 0.218. The lowest BCUT2D eigenvalue weighted by Crippen LogP contribution is -2.40. The first-order chi connectivity index (χ1) is 10.9. The van der Waals surface area contributed by atoms with Crippen LogP contribution in [-0.4, -0.2) is 42.0 Å². The number of nitrogens with zero attached hydrogens (tertiary/aromatic N) is 1. The van der Waals surface area contributed by atoms with Crippen LogP contribution >= 0.6 is 0 Å². The molecule has 1 N–H and O–H groups in total. The van der Waals surface area contributed by atoms with Crippen molar-refractivity contribution in [2.75, 3.05) is 13.1 Å². The second-order valence-corrected chi connectivity index (χ2v) is 8.34. The van der Waals surface area contributed by atoms with E-state index in [9.17, 15) is 22.8 Å². The predicted molar refractivity (Wildman–Crippen MR) is 84.1 cm³/mol. The first-order valence-electron chi connectivity index (χ1n) is 8.57. The zero-order valence-corrected chi connectivity index (χ0v) is 14.6. The van der Waals surface area contributed by atoms with Crippen molar-refractivity contribution in [2.45, 2.75) is 65.1 Å². The van der Waals surface area contributed by atoms with Gasteiger partial charge in [-0.3, -0.25) is 9.59 Å². The van der Waals surface area contributed by atoms with Crippen molar-refractivity contribution in [3.8, 4) is 0 Å². The molecule has 0 aromatic heterocycles. The maximum atomic E-state index is 12.4. The van der Waals surface area contributed by atoms with E-state index in [-0.39, 0.29) is 24.3 Å². The maximum absolute atomic E-state index is 12.4. The molecule has 7 heteroatoms. The zero-order valence-electron chi connectivity index (χ0n) is 14.6. The number of halogens is 3. The molecular formula is C17H27F3N2O2. The third-order valence-electron chi connectivity index (χ3n) is 4.90. The highest BCUT2D eigenvalue weighted by Crippen LogP contribution is 2.42. The van der Waals surface area contributed by atoms with Crippen LogP contribution < -0.4 is 5.32 Å². The fourth-order valence-corrected chi connectivity index (χ4v) is 4.49. The molecule has 2 amide bonds. The summed E-state index contributed by atoms with van der Waals surface area (Å²) in [6.45, 7) is 5.30. The molecule has 2 rings (SSSR count). The lowest BCUT2D eigenvalue weighted by atomic mass is 9.67. The van der Waals surface area contributed by atoms with Crippen LogP contribution in [0.25, 0.3) is 0 Å². The van der Waals surface area contributed by atoms with Gasteiger partial charge < -0.3 is 10.2 Å². The van der Waals surface area contributed by atoms with Crippen LogP contribution in [0.4, 0.5) is 13.2 Å². The third kappa shape index (κ3) is 5.67. The van der Waals surface area contributed by atoms with Gasteiger partial charge in [-0.25, -0.2) is 0 Å². The second kappa shape index (κ2) is 6.92. The van der Waals surface area contributed by atoms with Gasteiger partial charge in [0.2, 0.25) is 11.8 Å². The van der Waals surface area contributed by atoms with Gasteiger partial charge in [-0.15, -0.1) is 0 Å². The van der Waals surface area contributed by atoms with E-state index in [1.165, 1.54) is 0 Å². The van der Waals surface area contributed by atoms with Crippen molar-refractivity contribution in [3.05, 3.63) is 0 Å². The molecule has 2 aliphatic rings. The summed E-state index contributed by atoms with van der Waals surface area (Å²) in [5, 5.41) is 2.75. The second-order valence-electron chi connectivity index (χ2n) is 8.34. The Kier molecular flexibility index (Phi) is 5.50. The smallest absolute Gasteiger partial charge is 0.351 e. The summed E-state index contributed by atoms with van der Waals surface area (Å²) in [6.07, 6.45) is -0.936. The number of carbonyl (C=O) groups excluding carboxylic acids is 2. The molecule has 138 valence electrons. The summed E-state index contributed by atoms with van der Waals surface area (Å²) >= 11 is 0. The highest BCUT2D eigenvalue weighted by atomic mass is 19.4. The van der Waals surface area contributed by atoms with Crippen LogP contribution in [0, 0.1) is 17.3 Å². The maximum Gasteiger partial charge on any atom is 0.406 e. The number of likely N-dealkylation sites (tertiary alicyclic amines) is 1. The number of amides is 2. The molecule has 0 radical (unpaired) electrons. The molecule has 1 heterocycles. The molecule has 4 nitrogen and oxygen atoms in total. The van der Waals surface area contributed by atoms with Gasteiger partial charge in [0, 0.05) is 19.4 Å². The molecule has 1 saturated carbocycles. The molecule has 24 heavy (non-hydrogen) atoms. The standard InChI is InChI=1S/C17H27F3N2O2/c1-11-4-12(8-16(2,3)7-11)5-14(23)21-13-6-15(24)22(9-13)10-17(18,19)20/h11-13H,4-10H2,1-3H3,(H,21,23)/t11-,12+,13+/m1/s1. The lowest BCUT2D eigenvalue weighted by Gasteiger charge is -2.38. The van der Waals surface area contributed by atoms with E-state index >= 15 is 0 Å². The summed E-state index contributed by atoms with van der Waals surface area (Å²) < 4.78 is 37.2. The molecule has 0 spiro atoms. The van der Waals surface area contributed by atoms with Crippen molar-refractivity contribution in [1.82, 2.24) is 10.2 Å². The van der Waals surface area contributed by atoms with Crippen molar-refractivity contribution in [3.63, 3.8) is 0 Å². The van der Waals surface area contributed by atoms with E-state index in [4.69, 9.17) is 0 Å². The Morgan fingerprint density at radius 1 is 1.33 bits per heavy atom. The number of carbonyl (C=O) groups is 2. The van der Waals surface area contributed by atoms with Crippen molar-refractivity contribution < 1.29 is 22.8 Å². The van der Waals surface area contributed by atoms with Gasteiger partial charge in [0.15, 0.2) is 0 Å². The van der Waals surface area contributed by atoms with Gasteiger partial charge in [0.1, 0.15) is 6.54 Å². The minimum atomic E-state index is -4.40. The van der Waals surface area contributed by atoms with E-state index < -0.39 is 24.7 Å². The predicted octanol–water partition coefficient (Wildman–Crippen LogP) is 3.12. The quantitative estimate of drug-likeness (QED) is 0.849. The summed E-state index contributed by atoms with van der Waals surface area (Å²) in [7, 11) is 0. The van der Waals surface area contributed by atoms with E-state index in [2.05, 4.69) is 26.1 Å². The van der Waals surface area contributed by atoms with Gasteiger partial charge in [-0.2, -0.15) is 13.2 Å². The molecule has 2 fully saturated rings. The fraction of sp³-hybridized carbons (Fsp3) is 0.882. The molecule has 0 aromatic carbocycles. The van der Waals surface area contributed by atoms with E-state index in [0.29, 0.717) is 18.3 Å². The van der Waals surface area contributed by atoms with Gasteiger partial charge in [0.25, 0.3) is 0 Å². The third-order valence-corrected chi connectivity index (χ3v) is 4.90. The van der Waals surface area contributed by atoms with Gasteiger partial charge in [-0.1, -0.05) is 20.8 Å². The minimum Gasteiger partial charge on any atom is -0.351 e. The zero-order chi connectivity index (χ0) is 18.1. The highest BCUT2D eigenvalue weighted by molar-refractivity contribution is 5.82. The lowest BCUT2D eigenvalue weighted by molar-refractivity contribution is -0.157. The number of nitrogens with one attached hydrogen (secondary N) is 1. The Balaban J connectivity index is 1.82. The van der Waals surface area contributed by atoms with Gasteiger partial charge in [-0.05, 0) is 36.5 Å². The molecular weight excluding hydrogens is 321 g/mol. The molecule has 0 unspecified atom stereocenters. The summed E-state index contributed by atoms with van der Waals surface area (Å²) in [5.74, 6) is 0.163. The van der Waals surface area contributed by atoms with Crippen LogP contribution in [0.1, 0.15) is 52.9 Å². The Hall–Kier alpha value is -1.27. The number of hydrogen-bond acceptors (Lipinski definition) is 2. The summed E-state index contributed by atoms with van der Waals surface area (Å²) in [4.78, 5) is 24.6. The fourth-order valence-electron chi connectivity index (χ4n) is 4.49. The Morgan fingerprint density at radius 2 is 2.00 bits per heavy atom. The topological polar surface area (TPSA) is 49.4 Å². The molecule has 1 aliphatic heterocycles. The van der Waals surface area contributed by atoms with Crippen LogP contribution in [0.2, 0.25) is 0 Å². The van der Waals surface area contributed by atoms with E-state index in [1.807, 2.05) is 0 Å². The van der Waals surface area contributed by atoms with E-state index in [1.54, 1.807) is 0 Å². The molecule has 3 atom stereocenters. The van der Waals surface area contributed by atoms with Gasteiger partial charge in [0.05, 0.1) is 6.04 Å². The summed E-state index contributed by atoms with van der Waals surface area (Å²) in [6, 6.07) is -0.513. The Morgan fingerprint density at radius 3 is 2.58 bits per heavy atom. The van der Waals surface area contributed by atoms with Gasteiger partial charge >= 0.3 is 6.18 Å². The molecule has 0 bridgehead atoms. The number of alkyl halides is 3. The van der Waals surface area contributed by atoms with Crippen LogP contribution in [0.3, 0.4) is 0 Å². The average molecular weight is 348 g/mol. The molecule has 1 aliphatic carbocycles. The van der Waals surface area contributed by atoms with Crippen LogP contribution in [0.5, 0.6) is 0 Å². The SMILES string of the molecule is C[C@@H]1C[C@@H](CC(=O)N[C@H]2CC(=O)N(CC(F)(F)F)C2)CC(C)(C)C1. The van der Waals surface area contributed by atoms with Crippen molar-refractivity contribution in [1.29, 1.82) is 0 Å². The van der Waals surface area contributed by atoms with E-state index in [0.717, 1.165) is 24.2 Å². The number of rotatable bonds is 4.